The van der Waals surface area contributed by atoms with Crippen LogP contribution in [-0.4, -0.2) is 57.7 Å². The normalized spacial score (nSPS) is 12.9. The molecule has 40 heavy (non-hydrogen) atoms. The number of hydrogen-bond donors (Lipinski definition) is 2. The zero-order valence-corrected chi connectivity index (χ0v) is 22.2. The summed E-state index contributed by atoms with van der Waals surface area (Å²) in [5.74, 6) is -5.45. The van der Waals surface area contributed by atoms with Crippen LogP contribution in [0.15, 0.2) is 79.1 Å². The Morgan fingerprint density at radius 3 is 2.48 bits per heavy atom. The van der Waals surface area contributed by atoms with Crippen LogP contribution in [0.4, 0.5) is 8.78 Å². The molecule has 0 aliphatic rings. The minimum Gasteiger partial charge on any atom is -0.484 e. The number of primary amides is 1. The quantitative estimate of drug-likeness (QED) is 0.311. The Morgan fingerprint density at radius 1 is 1.07 bits per heavy atom. The second kappa shape index (κ2) is 11.5. The van der Waals surface area contributed by atoms with E-state index in [4.69, 9.17) is 10.5 Å². The van der Waals surface area contributed by atoms with Gasteiger partial charge in [-0.2, -0.15) is 8.78 Å². The lowest BCUT2D eigenvalue weighted by Crippen LogP contribution is -2.46. The van der Waals surface area contributed by atoms with Gasteiger partial charge >= 0.3 is 5.92 Å². The third-order valence-corrected chi connectivity index (χ3v) is 6.23. The van der Waals surface area contributed by atoms with Crippen LogP contribution in [0.1, 0.15) is 35.9 Å². The van der Waals surface area contributed by atoms with Gasteiger partial charge in [0.2, 0.25) is 5.91 Å². The Kier molecular flexibility index (Phi) is 8.13. The van der Waals surface area contributed by atoms with Gasteiger partial charge in [0.05, 0.1) is 23.6 Å². The lowest BCUT2D eigenvalue weighted by atomic mass is 10.0. The molecule has 3 amide bonds. The minimum atomic E-state index is -3.53. The molecular weight excluding hydrogens is 520 g/mol. The summed E-state index contributed by atoms with van der Waals surface area (Å²) in [6.07, 6.45) is 0.846. The lowest BCUT2D eigenvalue weighted by Gasteiger charge is -2.27. The monoisotopic (exact) mass is 549 g/mol. The minimum absolute atomic E-state index is 0.201. The van der Waals surface area contributed by atoms with Crippen molar-refractivity contribution in [2.75, 3.05) is 13.6 Å². The van der Waals surface area contributed by atoms with Crippen LogP contribution in [-0.2, 0) is 9.59 Å². The average Bonchev–Trinajstić information content (AvgIpc) is 3.34. The Bertz CT molecular complexity index is 1530. The van der Waals surface area contributed by atoms with Crippen LogP contribution >= 0.6 is 0 Å². The van der Waals surface area contributed by atoms with Crippen LogP contribution in [0.5, 0.6) is 5.75 Å². The van der Waals surface area contributed by atoms with Crippen LogP contribution in [0.3, 0.4) is 0 Å². The second-order valence-electron chi connectivity index (χ2n) is 9.54. The first kappa shape index (κ1) is 28.2. The van der Waals surface area contributed by atoms with E-state index in [-0.39, 0.29) is 12.5 Å². The molecule has 0 saturated heterocycles. The highest BCUT2D eigenvalue weighted by Gasteiger charge is 2.35. The summed E-state index contributed by atoms with van der Waals surface area (Å²) < 4.78 is 35.1. The number of ether oxygens (including phenoxy) is 1. The summed E-state index contributed by atoms with van der Waals surface area (Å²) in [6, 6.07) is 20.3. The summed E-state index contributed by atoms with van der Waals surface area (Å²) >= 11 is 0. The summed E-state index contributed by atoms with van der Waals surface area (Å²) in [5.41, 5.74) is 8.27. The first-order chi connectivity index (χ1) is 18.9. The van der Waals surface area contributed by atoms with E-state index >= 15 is 0 Å². The molecule has 2 atom stereocenters. The molecule has 4 aromatic rings. The van der Waals surface area contributed by atoms with Gasteiger partial charge < -0.3 is 20.7 Å². The SMILES string of the molecule is C[C@H](NC(=O)C(C)(F)F)[C@H](Oc1ccc2c(c1)ncn2-c1cccc(C(=O)N(C)CC(N)=O)c1)c1ccccc1. The van der Waals surface area contributed by atoms with Gasteiger partial charge in [0.25, 0.3) is 11.8 Å². The topological polar surface area (TPSA) is 120 Å². The molecule has 3 N–H and O–H groups in total. The molecule has 9 nitrogen and oxygen atoms in total. The van der Waals surface area contributed by atoms with Crippen molar-refractivity contribution in [3.8, 4) is 11.4 Å². The number of carbonyl (C=O) groups is 3. The van der Waals surface area contributed by atoms with Crippen molar-refractivity contribution in [2.24, 2.45) is 5.73 Å². The predicted molar refractivity (Wildman–Crippen MR) is 145 cm³/mol. The van der Waals surface area contributed by atoms with Crippen molar-refractivity contribution in [3.05, 3.63) is 90.3 Å². The van der Waals surface area contributed by atoms with E-state index in [1.807, 2.05) is 12.1 Å². The number of rotatable bonds is 10. The smallest absolute Gasteiger partial charge is 0.321 e. The van der Waals surface area contributed by atoms with E-state index in [0.29, 0.717) is 35.0 Å². The number of hydrogen-bond acceptors (Lipinski definition) is 5. The standard InChI is InChI=1S/C29H29F2N5O4/c1-18(34-28(39)29(2,30)31)26(19-8-5-4-6-9-19)40-22-12-13-24-23(15-22)33-17-36(24)21-11-7-10-20(14-21)27(38)35(3)16-25(32)37/h4-15,17-18,26H,16H2,1-3H3,(H2,32,37)(H,34,39)/t18-,26-/m0/s1. The molecule has 0 unspecified atom stereocenters. The first-order valence-electron chi connectivity index (χ1n) is 12.5. The number of nitrogens with one attached hydrogen (secondary N) is 1. The van der Waals surface area contributed by atoms with Crippen LogP contribution in [0.2, 0.25) is 0 Å². The van der Waals surface area contributed by atoms with E-state index in [1.54, 1.807) is 78.5 Å². The number of benzene rings is 3. The molecule has 1 aromatic heterocycles. The van der Waals surface area contributed by atoms with Crippen LogP contribution in [0.25, 0.3) is 16.7 Å². The Balaban J connectivity index is 1.60. The van der Waals surface area contributed by atoms with Gasteiger partial charge in [-0.25, -0.2) is 4.98 Å². The van der Waals surface area contributed by atoms with E-state index in [0.717, 1.165) is 5.52 Å². The first-order valence-corrected chi connectivity index (χ1v) is 12.5. The highest BCUT2D eigenvalue weighted by atomic mass is 19.3. The Morgan fingerprint density at radius 2 is 1.80 bits per heavy atom. The summed E-state index contributed by atoms with van der Waals surface area (Å²) in [4.78, 5) is 41.6. The number of aromatic nitrogens is 2. The van der Waals surface area contributed by atoms with E-state index < -0.39 is 29.9 Å². The summed E-state index contributed by atoms with van der Waals surface area (Å²) in [7, 11) is 1.50. The highest BCUT2D eigenvalue weighted by molar-refractivity contribution is 5.96. The lowest BCUT2D eigenvalue weighted by molar-refractivity contribution is -0.144. The van der Waals surface area contributed by atoms with Crippen molar-refractivity contribution in [1.82, 2.24) is 19.8 Å². The molecule has 0 bridgehead atoms. The van der Waals surface area contributed by atoms with Gasteiger partial charge in [-0.1, -0.05) is 36.4 Å². The molecular formula is C29H29F2N5O4. The molecule has 0 saturated carbocycles. The van der Waals surface area contributed by atoms with Gasteiger partial charge in [-0.3, -0.25) is 19.0 Å². The summed E-state index contributed by atoms with van der Waals surface area (Å²) in [5, 5.41) is 2.34. The Labute approximate surface area is 229 Å². The van der Waals surface area contributed by atoms with Gasteiger partial charge in [0, 0.05) is 31.3 Å². The van der Waals surface area contributed by atoms with Crippen molar-refractivity contribution >= 4 is 28.8 Å². The van der Waals surface area contributed by atoms with Gasteiger partial charge in [0.15, 0.2) is 0 Å². The largest absolute Gasteiger partial charge is 0.484 e. The number of nitrogens with two attached hydrogens (primary N) is 1. The van der Waals surface area contributed by atoms with Crippen molar-refractivity contribution in [1.29, 1.82) is 0 Å². The van der Waals surface area contributed by atoms with Crippen molar-refractivity contribution in [2.45, 2.75) is 31.9 Å². The molecule has 1 heterocycles. The van der Waals surface area contributed by atoms with Gasteiger partial charge in [0.1, 0.15) is 18.2 Å². The van der Waals surface area contributed by atoms with Crippen LogP contribution < -0.4 is 15.8 Å². The molecule has 11 heteroatoms. The predicted octanol–water partition coefficient (Wildman–Crippen LogP) is 3.86. The maximum absolute atomic E-state index is 13.5. The zero-order chi connectivity index (χ0) is 29.0. The number of imidazole rings is 1. The maximum atomic E-state index is 13.5. The number of fused-ring (bicyclic) bond motifs is 1. The average molecular weight is 550 g/mol. The Hall–Kier alpha value is -4.80. The molecule has 0 fully saturated rings. The number of likely N-dealkylation sites (N-methyl/N-ethyl adjacent to an activating group) is 1. The van der Waals surface area contributed by atoms with Crippen molar-refractivity contribution < 1.29 is 27.9 Å². The highest BCUT2D eigenvalue weighted by Crippen LogP contribution is 2.29. The number of carbonyl (C=O) groups excluding carboxylic acids is 3. The van der Waals surface area contributed by atoms with Gasteiger partial charge in [-0.05, 0) is 42.8 Å². The third-order valence-electron chi connectivity index (χ3n) is 6.23. The van der Waals surface area contributed by atoms with E-state index in [1.165, 1.54) is 11.9 Å². The number of nitrogens with zero attached hydrogens (tertiary/aromatic N) is 3. The molecule has 0 aliphatic carbocycles. The fourth-order valence-electron chi connectivity index (χ4n) is 4.24. The van der Waals surface area contributed by atoms with E-state index in [9.17, 15) is 23.2 Å². The molecule has 4 rings (SSSR count). The zero-order valence-electron chi connectivity index (χ0n) is 22.2. The molecule has 208 valence electrons. The number of halogens is 2. The van der Waals surface area contributed by atoms with Gasteiger partial charge in [-0.15, -0.1) is 0 Å². The fraction of sp³-hybridized carbons (Fsp3) is 0.241. The number of alkyl halides is 2. The van der Waals surface area contributed by atoms with E-state index in [2.05, 4.69) is 10.3 Å². The maximum Gasteiger partial charge on any atom is 0.321 e. The summed E-state index contributed by atoms with van der Waals surface area (Å²) in [6.45, 7) is 1.94. The van der Waals surface area contributed by atoms with Crippen LogP contribution in [0, 0.1) is 0 Å². The molecule has 3 aromatic carbocycles. The molecule has 0 radical (unpaired) electrons. The second-order valence-corrected chi connectivity index (χ2v) is 9.54. The fourth-order valence-corrected chi connectivity index (χ4v) is 4.24. The number of amides is 3. The molecule has 0 aliphatic heterocycles. The molecule has 0 spiro atoms. The third kappa shape index (κ3) is 6.42. The van der Waals surface area contributed by atoms with Crippen molar-refractivity contribution in [3.63, 3.8) is 0 Å².